The molecular weight excluding hydrogens is 370 g/mol. The first-order chi connectivity index (χ1) is 14.0. The van der Waals surface area contributed by atoms with E-state index in [9.17, 15) is 14.4 Å². The molecule has 2 aromatic carbocycles. The molecule has 0 saturated carbocycles. The average Bonchev–Trinajstić information content (AvgIpc) is 3.21. The normalized spacial score (nSPS) is 13.2. The van der Waals surface area contributed by atoms with Crippen molar-refractivity contribution in [2.75, 3.05) is 13.2 Å². The van der Waals surface area contributed by atoms with Crippen LogP contribution in [0.15, 0.2) is 53.1 Å². The van der Waals surface area contributed by atoms with Crippen molar-refractivity contribution in [3.05, 3.63) is 71.0 Å². The third-order valence-corrected chi connectivity index (χ3v) is 5.06. The van der Waals surface area contributed by atoms with Gasteiger partial charge in [0.2, 0.25) is 0 Å². The van der Waals surface area contributed by atoms with Gasteiger partial charge in [0.1, 0.15) is 5.58 Å². The van der Waals surface area contributed by atoms with Crippen LogP contribution in [0.4, 0.5) is 0 Å². The van der Waals surface area contributed by atoms with Gasteiger partial charge in [-0.25, -0.2) is 0 Å². The van der Waals surface area contributed by atoms with Crippen LogP contribution in [-0.4, -0.2) is 35.8 Å². The van der Waals surface area contributed by atoms with Crippen LogP contribution in [0.25, 0.3) is 11.0 Å². The maximum atomic E-state index is 12.3. The van der Waals surface area contributed by atoms with Gasteiger partial charge in [-0.3, -0.25) is 19.3 Å². The monoisotopic (exact) mass is 391 g/mol. The summed E-state index contributed by atoms with van der Waals surface area (Å²) in [5.74, 6) is -0.844. The largest absolute Gasteiger partial charge is 0.465 e. The van der Waals surface area contributed by atoms with E-state index < -0.39 is 0 Å². The van der Waals surface area contributed by atoms with Crippen LogP contribution in [0.3, 0.4) is 0 Å². The Morgan fingerprint density at radius 1 is 1.03 bits per heavy atom. The van der Waals surface area contributed by atoms with Gasteiger partial charge in [-0.2, -0.15) is 0 Å². The molecule has 1 aliphatic rings. The van der Waals surface area contributed by atoms with E-state index in [2.05, 4.69) is 0 Å². The Morgan fingerprint density at radius 3 is 2.48 bits per heavy atom. The first kappa shape index (κ1) is 18.9. The summed E-state index contributed by atoms with van der Waals surface area (Å²) in [7, 11) is 0. The highest BCUT2D eigenvalue weighted by Gasteiger charge is 2.34. The van der Waals surface area contributed by atoms with Crippen molar-refractivity contribution in [1.82, 2.24) is 4.90 Å². The zero-order chi connectivity index (χ0) is 20.4. The van der Waals surface area contributed by atoms with Gasteiger partial charge in [0.05, 0.1) is 30.4 Å². The number of nitrogens with zero attached hydrogens (tertiary/aromatic N) is 1. The zero-order valence-corrected chi connectivity index (χ0v) is 16.1. The molecule has 0 aliphatic carbocycles. The summed E-state index contributed by atoms with van der Waals surface area (Å²) in [5, 5.41) is 0.915. The minimum Gasteiger partial charge on any atom is -0.465 e. The molecule has 0 bridgehead atoms. The van der Waals surface area contributed by atoms with Crippen molar-refractivity contribution >= 4 is 28.8 Å². The van der Waals surface area contributed by atoms with E-state index in [4.69, 9.17) is 9.15 Å². The molecule has 0 atom stereocenters. The van der Waals surface area contributed by atoms with E-state index in [0.717, 1.165) is 22.1 Å². The van der Waals surface area contributed by atoms with Crippen LogP contribution >= 0.6 is 0 Å². The molecule has 148 valence electrons. The molecule has 29 heavy (non-hydrogen) atoms. The van der Waals surface area contributed by atoms with E-state index in [1.807, 2.05) is 25.1 Å². The fourth-order valence-corrected chi connectivity index (χ4v) is 3.53. The molecule has 4 rings (SSSR count). The zero-order valence-electron chi connectivity index (χ0n) is 16.1. The lowest BCUT2D eigenvalue weighted by molar-refractivity contribution is -0.142. The second kappa shape index (κ2) is 7.91. The number of rotatable bonds is 7. The minimum absolute atomic E-state index is 0.147. The molecule has 0 radical (unpaired) electrons. The van der Waals surface area contributed by atoms with Crippen molar-refractivity contribution < 1.29 is 23.5 Å². The van der Waals surface area contributed by atoms with E-state index in [1.54, 1.807) is 30.5 Å². The predicted octanol–water partition coefficient (Wildman–Crippen LogP) is 3.90. The van der Waals surface area contributed by atoms with Gasteiger partial charge < -0.3 is 9.15 Å². The number of hydrogen-bond donors (Lipinski definition) is 0. The molecule has 0 unspecified atom stereocenters. The van der Waals surface area contributed by atoms with Gasteiger partial charge >= 0.3 is 5.97 Å². The molecule has 1 aromatic heterocycles. The molecule has 3 aromatic rings. The SMILES string of the molecule is Cc1ccc2c(CC(=O)OCCCCN3C(=O)c4ccccc4C3=O)coc2c1. The summed E-state index contributed by atoms with van der Waals surface area (Å²) in [6, 6.07) is 12.7. The highest BCUT2D eigenvalue weighted by molar-refractivity contribution is 6.21. The summed E-state index contributed by atoms with van der Waals surface area (Å²) in [6.45, 7) is 2.55. The number of furan rings is 1. The van der Waals surface area contributed by atoms with Crippen molar-refractivity contribution in [1.29, 1.82) is 0 Å². The third kappa shape index (κ3) is 3.78. The molecule has 0 spiro atoms. The maximum absolute atomic E-state index is 12.3. The summed E-state index contributed by atoms with van der Waals surface area (Å²) in [6.07, 6.45) is 2.89. The Bertz CT molecular complexity index is 1060. The Morgan fingerprint density at radius 2 is 1.76 bits per heavy atom. The smallest absolute Gasteiger partial charge is 0.310 e. The molecule has 2 amide bonds. The molecular formula is C23H21NO5. The van der Waals surface area contributed by atoms with E-state index >= 15 is 0 Å². The number of imide groups is 1. The Labute approximate surface area is 168 Å². The lowest BCUT2D eigenvalue weighted by Gasteiger charge is -2.13. The molecule has 2 heterocycles. The van der Waals surface area contributed by atoms with Gasteiger partial charge in [-0.1, -0.05) is 24.3 Å². The van der Waals surface area contributed by atoms with Crippen LogP contribution in [-0.2, 0) is 16.0 Å². The van der Waals surface area contributed by atoms with Crippen LogP contribution in [0.2, 0.25) is 0 Å². The van der Waals surface area contributed by atoms with E-state index in [1.165, 1.54) is 4.90 Å². The highest BCUT2D eigenvalue weighted by Crippen LogP contribution is 2.24. The summed E-state index contributed by atoms with van der Waals surface area (Å²) in [5.41, 5.74) is 3.56. The van der Waals surface area contributed by atoms with Crippen LogP contribution < -0.4 is 0 Å². The summed E-state index contributed by atoms with van der Waals surface area (Å²) < 4.78 is 10.8. The number of hydrogen-bond acceptors (Lipinski definition) is 5. The topological polar surface area (TPSA) is 76.8 Å². The number of unbranched alkanes of at least 4 members (excludes halogenated alkanes) is 1. The second-order valence-corrected chi connectivity index (χ2v) is 7.17. The van der Waals surface area contributed by atoms with Gasteiger partial charge in [-0.15, -0.1) is 0 Å². The van der Waals surface area contributed by atoms with Crippen molar-refractivity contribution in [3.8, 4) is 0 Å². The minimum atomic E-state index is -0.325. The number of esters is 1. The second-order valence-electron chi connectivity index (χ2n) is 7.17. The lowest BCUT2D eigenvalue weighted by Crippen LogP contribution is -2.30. The van der Waals surface area contributed by atoms with Crippen LogP contribution in [0, 0.1) is 6.92 Å². The van der Waals surface area contributed by atoms with Crippen molar-refractivity contribution in [2.24, 2.45) is 0 Å². The number of aryl methyl sites for hydroxylation is 1. The first-order valence-electron chi connectivity index (χ1n) is 9.62. The fourth-order valence-electron chi connectivity index (χ4n) is 3.53. The van der Waals surface area contributed by atoms with Crippen LogP contribution in [0.5, 0.6) is 0 Å². The molecule has 1 aliphatic heterocycles. The van der Waals surface area contributed by atoms with Crippen LogP contribution in [0.1, 0.15) is 44.7 Å². The van der Waals surface area contributed by atoms with Crippen molar-refractivity contribution in [3.63, 3.8) is 0 Å². The Hall–Kier alpha value is -3.41. The number of ether oxygens (including phenoxy) is 1. The lowest BCUT2D eigenvalue weighted by atomic mass is 10.1. The molecule has 0 saturated heterocycles. The predicted molar refractivity (Wildman–Crippen MR) is 107 cm³/mol. The Kier molecular flexibility index (Phi) is 5.16. The third-order valence-electron chi connectivity index (χ3n) is 5.06. The quantitative estimate of drug-likeness (QED) is 0.347. The maximum Gasteiger partial charge on any atom is 0.310 e. The molecule has 6 nitrogen and oxygen atoms in total. The number of fused-ring (bicyclic) bond motifs is 2. The van der Waals surface area contributed by atoms with Gasteiger partial charge in [0, 0.05) is 17.5 Å². The van der Waals surface area contributed by atoms with Gasteiger partial charge in [-0.05, 0) is 43.5 Å². The number of amides is 2. The van der Waals surface area contributed by atoms with Gasteiger partial charge in [0.15, 0.2) is 0 Å². The number of carbonyl (C=O) groups excluding carboxylic acids is 3. The van der Waals surface area contributed by atoms with E-state index in [0.29, 0.717) is 30.5 Å². The first-order valence-corrected chi connectivity index (χ1v) is 9.62. The number of carbonyl (C=O) groups is 3. The van der Waals surface area contributed by atoms with Gasteiger partial charge in [0.25, 0.3) is 11.8 Å². The fraction of sp³-hybridized carbons (Fsp3) is 0.261. The standard InChI is InChI=1S/C23H21NO5/c1-15-8-9-17-16(14-29-20(17)12-15)13-21(25)28-11-5-4-10-24-22(26)18-6-2-3-7-19(18)23(24)27/h2-3,6-9,12,14H,4-5,10-11,13H2,1H3. The molecule has 0 N–H and O–H groups in total. The molecule has 6 heteroatoms. The number of benzene rings is 2. The summed E-state index contributed by atoms with van der Waals surface area (Å²) >= 11 is 0. The summed E-state index contributed by atoms with van der Waals surface area (Å²) in [4.78, 5) is 38.0. The Balaban J connectivity index is 1.22. The molecule has 0 fully saturated rings. The van der Waals surface area contributed by atoms with E-state index in [-0.39, 0.29) is 30.8 Å². The average molecular weight is 391 g/mol. The van der Waals surface area contributed by atoms with Crippen molar-refractivity contribution in [2.45, 2.75) is 26.2 Å². The highest BCUT2D eigenvalue weighted by atomic mass is 16.5.